The van der Waals surface area contributed by atoms with Crippen LogP contribution in [0.3, 0.4) is 0 Å². The molecule has 39 heavy (non-hydrogen) atoms. The number of pyridine rings is 1. The highest BCUT2D eigenvalue weighted by Gasteiger charge is 2.44. The maximum atomic E-state index is 14.3. The molecule has 2 aromatic heterocycles. The number of halogens is 5. The Balaban J connectivity index is 1.55. The SMILES string of the molecule is O=C(NCc1cc(-c2cnc(C(F)(F)F)nc2)ncc1B(O)O)[C@@H]1C[C@@H](F)CN1S(=O)(=O)c1ccc(F)cc1. The van der Waals surface area contributed by atoms with E-state index in [4.69, 9.17) is 0 Å². The molecule has 1 saturated heterocycles. The zero-order valence-electron chi connectivity index (χ0n) is 19.7. The molecular formula is C22H19BF5N5O5S. The lowest BCUT2D eigenvalue weighted by Gasteiger charge is -2.23. The Morgan fingerprint density at radius 3 is 2.33 bits per heavy atom. The van der Waals surface area contributed by atoms with Gasteiger partial charge in [-0.25, -0.2) is 27.2 Å². The van der Waals surface area contributed by atoms with E-state index in [-0.39, 0.29) is 27.2 Å². The predicted octanol–water partition coefficient (Wildman–Crippen LogP) is 0.794. The molecule has 0 saturated carbocycles. The van der Waals surface area contributed by atoms with E-state index in [0.717, 1.165) is 42.9 Å². The van der Waals surface area contributed by atoms with Crippen LogP contribution in [0, 0.1) is 5.82 Å². The van der Waals surface area contributed by atoms with Gasteiger partial charge in [0, 0.05) is 49.1 Å². The summed E-state index contributed by atoms with van der Waals surface area (Å²) < 4.78 is 92.5. The van der Waals surface area contributed by atoms with E-state index in [0.29, 0.717) is 4.31 Å². The fourth-order valence-corrected chi connectivity index (χ4v) is 5.59. The standard InChI is InChI=1S/C22H19BF5N5O5S/c24-14-1-3-16(4-2-14)39(37,38)33-11-15(25)6-19(33)20(34)30-7-12-5-18(29-10-17(12)23(35)36)13-8-31-21(32-9-13)22(26,27)28/h1-5,8-10,15,19,35-36H,6-7,11H2,(H,30,34)/t15-,19+/m1/s1. The van der Waals surface area contributed by atoms with Crippen LogP contribution in [0.1, 0.15) is 17.8 Å². The molecule has 10 nitrogen and oxygen atoms in total. The largest absolute Gasteiger partial charge is 0.490 e. The van der Waals surface area contributed by atoms with Crippen LogP contribution in [-0.4, -0.2) is 69.5 Å². The van der Waals surface area contributed by atoms with Gasteiger partial charge in [-0.1, -0.05) is 0 Å². The molecule has 0 aliphatic carbocycles. The van der Waals surface area contributed by atoms with Crippen molar-refractivity contribution in [1.82, 2.24) is 24.6 Å². The Labute approximate surface area is 218 Å². The van der Waals surface area contributed by atoms with Gasteiger partial charge in [-0.3, -0.25) is 9.78 Å². The van der Waals surface area contributed by atoms with Crippen LogP contribution in [0.5, 0.6) is 0 Å². The molecule has 3 N–H and O–H groups in total. The number of sulfonamides is 1. The summed E-state index contributed by atoms with van der Waals surface area (Å²) in [6.07, 6.45) is -4.10. The number of nitrogens with one attached hydrogen (secondary N) is 1. The summed E-state index contributed by atoms with van der Waals surface area (Å²) >= 11 is 0. The Kier molecular flexibility index (Phi) is 7.97. The minimum atomic E-state index is -4.76. The van der Waals surface area contributed by atoms with Gasteiger partial charge in [0.1, 0.15) is 18.0 Å². The Morgan fingerprint density at radius 1 is 1.10 bits per heavy atom. The summed E-state index contributed by atoms with van der Waals surface area (Å²) in [6.45, 7) is -1.01. The summed E-state index contributed by atoms with van der Waals surface area (Å²) in [5, 5.41) is 21.8. The molecule has 3 aromatic rings. The first kappa shape index (κ1) is 28.5. The third-order valence-electron chi connectivity index (χ3n) is 5.88. The highest BCUT2D eigenvalue weighted by atomic mass is 32.2. The lowest BCUT2D eigenvalue weighted by Crippen LogP contribution is -2.46. The number of rotatable bonds is 7. The molecule has 1 fully saturated rings. The van der Waals surface area contributed by atoms with Crippen LogP contribution >= 0.6 is 0 Å². The Hall–Kier alpha value is -3.54. The first-order chi connectivity index (χ1) is 18.3. The molecule has 0 unspecified atom stereocenters. The van der Waals surface area contributed by atoms with Gasteiger partial charge >= 0.3 is 13.3 Å². The molecule has 0 radical (unpaired) electrons. The molecule has 206 valence electrons. The van der Waals surface area contributed by atoms with Crippen LogP contribution in [0.15, 0.2) is 53.8 Å². The van der Waals surface area contributed by atoms with Gasteiger partial charge in [-0.05, 0) is 35.9 Å². The molecule has 0 bridgehead atoms. The summed E-state index contributed by atoms with van der Waals surface area (Å²) in [5.41, 5.74) is 0.0215. The maximum absolute atomic E-state index is 14.3. The fourth-order valence-electron chi connectivity index (χ4n) is 3.96. The van der Waals surface area contributed by atoms with E-state index < -0.39 is 72.6 Å². The number of benzene rings is 1. The van der Waals surface area contributed by atoms with Crippen molar-refractivity contribution in [3.8, 4) is 11.3 Å². The summed E-state index contributed by atoms with van der Waals surface area (Å²) in [6, 6.07) is 3.60. The highest BCUT2D eigenvalue weighted by molar-refractivity contribution is 7.89. The minimum absolute atomic E-state index is 0.0441. The Bertz CT molecular complexity index is 1460. The van der Waals surface area contributed by atoms with Gasteiger partial charge in [0.2, 0.25) is 21.8 Å². The van der Waals surface area contributed by atoms with Gasteiger partial charge in [-0.2, -0.15) is 17.5 Å². The number of hydrogen-bond donors (Lipinski definition) is 3. The fraction of sp³-hybridized carbons (Fsp3) is 0.273. The second kappa shape index (κ2) is 10.9. The normalized spacial score (nSPS) is 18.2. The topological polar surface area (TPSA) is 146 Å². The molecule has 0 spiro atoms. The summed E-state index contributed by atoms with van der Waals surface area (Å²) in [5.74, 6) is -2.95. The predicted molar refractivity (Wildman–Crippen MR) is 126 cm³/mol. The van der Waals surface area contributed by atoms with Crippen LogP contribution in [0.4, 0.5) is 22.0 Å². The van der Waals surface area contributed by atoms with E-state index in [1.165, 1.54) is 6.07 Å². The number of aromatic nitrogens is 3. The molecule has 4 rings (SSSR count). The van der Waals surface area contributed by atoms with E-state index in [2.05, 4.69) is 20.3 Å². The van der Waals surface area contributed by atoms with Crippen molar-refractivity contribution in [2.24, 2.45) is 0 Å². The van der Waals surface area contributed by atoms with Crippen molar-refractivity contribution in [2.45, 2.75) is 36.3 Å². The van der Waals surface area contributed by atoms with Gasteiger partial charge < -0.3 is 15.4 Å². The average Bonchev–Trinajstić information content (AvgIpc) is 3.29. The smallest absolute Gasteiger partial charge is 0.423 e. The third kappa shape index (κ3) is 6.21. The minimum Gasteiger partial charge on any atom is -0.423 e. The van der Waals surface area contributed by atoms with Gasteiger partial charge in [0.15, 0.2) is 0 Å². The van der Waals surface area contributed by atoms with Crippen molar-refractivity contribution in [3.05, 3.63) is 66.1 Å². The van der Waals surface area contributed by atoms with Crippen LogP contribution in [-0.2, 0) is 27.5 Å². The van der Waals surface area contributed by atoms with Crippen LogP contribution in [0.25, 0.3) is 11.3 Å². The quantitative estimate of drug-likeness (QED) is 0.279. The Morgan fingerprint density at radius 2 is 1.74 bits per heavy atom. The number of carbonyl (C=O) groups is 1. The molecule has 1 aliphatic heterocycles. The molecule has 17 heteroatoms. The highest BCUT2D eigenvalue weighted by Crippen LogP contribution is 2.29. The molecule has 2 atom stereocenters. The van der Waals surface area contributed by atoms with E-state index >= 15 is 0 Å². The van der Waals surface area contributed by atoms with Crippen molar-refractivity contribution >= 4 is 28.5 Å². The summed E-state index contributed by atoms with van der Waals surface area (Å²) in [7, 11) is -6.40. The lowest BCUT2D eigenvalue weighted by atomic mass is 9.78. The van der Waals surface area contributed by atoms with Crippen molar-refractivity contribution < 1.29 is 45.2 Å². The number of amides is 1. The molecule has 1 aliphatic rings. The average molecular weight is 571 g/mol. The molecule has 1 amide bonds. The van der Waals surface area contributed by atoms with Crippen LogP contribution < -0.4 is 10.8 Å². The molecular weight excluding hydrogens is 552 g/mol. The van der Waals surface area contributed by atoms with Crippen molar-refractivity contribution in [3.63, 3.8) is 0 Å². The van der Waals surface area contributed by atoms with Crippen molar-refractivity contribution in [1.29, 1.82) is 0 Å². The summed E-state index contributed by atoms with van der Waals surface area (Å²) in [4.78, 5) is 23.1. The number of hydrogen-bond acceptors (Lipinski definition) is 8. The van der Waals surface area contributed by atoms with Crippen LogP contribution in [0.2, 0.25) is 0 Å². The zero-order valence-corrected chi connectivity index (χ0v) is 20.5. The monoisotopic (exact) mass is 571 g/mol. The van der Waals surface area contributed by atoms with E-state index in [1.807, 2.05) is 0 Å². The lowest BCUT2D eigenvalue weighted by molar-refractivity contribution is -0.145. The van der Waals surface area contributed by atoms with Gasteiger partial charge in [0.05, 0.1) is 10.6 Å². The number of carbonyl (C=O) groups excluding carboxylic acids is 1. The van der Waals surface area contributed by atoms with Gasteiger partial charge in [-0.15, -0.1) is 0 Å². The number of alkyl halides is 4. The van der Waals surface area contributed by atoms with Crippen molar-refractivity contribution in [2.75, 3.05) is 6.54 Å². The second-order valence-corrected chi connectivity index (χ2v) is 10.4. The maximum Gasteiger partial charge on any atom is 0.490 e. The van der Waals surface area contributed by atoms with Gasteiger partial charge in [0.25, 0.3) is 0 Å². The number of nitrogens with zero attached hydrogens (tertiary/aromatic N) is 4. The van der Waals surface area contributed by atoms with E-state index in [1.54, 1.807) is 0 Å². The zero-order chi connectivity index (χ0) is 28.5. The second-order valence-electron chi connectivity index (χ2n) is 8.53. The molecule has 1 aromatic carbocycles. The first-order valence-corrected chi connectivity index (χ1v) is 12.6. The first-order valence-electron chi connectivity index (χ1n) is 11.2. The third-order valence-corrected chi connectivity index (χ3v) is 7.77. The molecule has 3 heterocycles. The van der Waals surface area contributed by atoms with E-state index in [9.17, 15) is 45.2 Å².